The molecule has 0 atom stereocenters. The first-order chi connectivity index (χ1) is 10.5. The number of benzene rings is 1. The Morgan fingerprint density at radius 1 is 1.14 bits per heavy atom. The third-order valence-corrected chi connectivity index (χ3v) is 4.79. The van der Waals surface area contributed by atoms with E-state index in [2.05, 4.69) is 15.5 Å². The van der Waals surface area contributed by atoms with Crippen LogP contribution in [0.15, 0.2) is 29.4 Å². The average Bonchev–Trinajstić information content (AvgIpc) is 3.15. The van der Waals surface area contributed by atoms with Gasteiger partial charge in [-0.25, -0.2) is 4.68 Å². The number of alkyl halides is 3. The van der Waals surface area contributed by atoms with Crippen molar-refractivity contribution in [1.82, 2.24) is 20.2 Å². The van der Waals surface area contributed by atoms with Gasteiger partial charge in [0, 0.05) is 5.75 Å². The fraction of sp³-hybridized carbons (Fsp3) is 0.500. The summed E-state index contributed by atoms with van der Waals surface area (Å²) in [7, 11) is 0. The molecule has 22 heavy (non-hydrogen) atoms. The highest BCUT2D eigenvalue weighted by Crippen LogP contribution is 2.33. The maximum Gasteiger partial charge on any atom is 0.416 e. The second-order valence-corrected chi connectivity index (χ2v) is 6.27. The van der Waals surface area contributed by atoms with E-state index in [1.165, 1.54) is 36.7 Å². The highest BCUT2D eigenvalue weighted by Gasteiger charge is 2.30. The summed E-state index contributed by atoms with van der Waals surface area (Å²) in [5.74, 6) is 0.547. The van der Waals surface area contributed by atoms with Gasteiger partial charge in [0.2, 0.25) is 5.16 Å². The first-order valence-electron chi connectivity index (χ1n) is 7.11. The Morgan fingerprint density at radius 3 is 2.45 bits per heavy atom. The highest BCUT2D eigenvalue weighted by atomic mass is 32.2. The lowest BCUT2D eigenvalue weighted by molar-refractivity contribution is -0.137. The summed E-state index contributed by atoms with van der Waals surface area (Å²) in [5, 5.41) is 12.5. The molecule has 3 rings (SSSR count). The average molecular weight is 328 g/mol. The molecule has 1 aromatic heterocycles. The van der Waals surface area contributed by atoms with Crippen LogP contribution < -0.4 is 0 Å². The van der Waals surface area contributed by atoms with Crippen molar-refractivity contribution in [2.45, 2.75) is 48.8 Å². The van der Waals surface area contributed by atoms with E-state index in [0.717, 1.165) is 35.7 Å². The summed E-state index contributed by atoms with van der Waals surface area (Å²) in [4.78, 5) is 0. The Labute approximate surface area is 130 Å². The van der Waals surface area contributed by atoms with Crippen LogP contribution >= 0.6 is 11.8 Å². The van der Waals surface area contributed by atoms with Crippen LogP contribution in [0.5, 0.6) is 0 Å². The Balaban J connectivity index is 1.64. The standard InChI is InChI=1S/C14H15F3N4S/c15-14(16,17)11-7-5-10(6-8-11)9-22-13-18-19-20-21(13)12-3-1-2-4-12/h5-8,12H,1-4,9H2. The molecule has 1 aromatic carbocycles. The van der Waals surface area contributed by atoms with Crippen LogP contribution in [0.2, 0.25) is 0 Å². The molecule has 1 aliphatic carbocycles. The summed E-state index contributed by atoms with van der Waals surface area (Å²) in [6, 6.07) is 5.56. The quantitative estimate of drug-likeness (QED) is 0.793. The highest BCUT2D eigenvalue weighted by molar-refractivity contribution is 7.98. The number of nitrogens with zero attached hydrogens (tertiary/aromatic N) is 4. The molecule has 0 radical (unpaired) electrons. The Bertz CT molecular complexity index is 618. The number of hydrogen-bond acceptors (Lipinski definition) is 4. The van der Waals surface area contributed by atoms with Crippen molar-refractivity contribution in [3.63, 3.8) is 0 Å². The van der Waals surface area contributed by atoms with E-state index in [9.17, 15) is 13.2 Å². The molecule has 0 amide bonds. The van der Waals surface area contributed by atoms with Gasteiger partial charge in [0.1, 0.15) is 0 Å². The third-order valence-electron chi connectivity index (χ3n) is 3.78. The molecule has 0 saturated heterocycles. The number of halogens is 3. The van der Waals surface area contributed by atoms with Crippen LogP contribution in [0, 0.1) is 0 Å². The molecule has 1 aliphatic rings. The lowest BCUT2D eigenvalue weighted by atomic mass is 10.1. The largest absolute Gasteiger partial charge is 0.416 e. The van der Waals surface area contributed by atoms with E-state index >= 15 is 0 Å². The van der Waals surface area contributed by atoms with Crippen molar-refractivity contribution in [2.75, 3.05) is 0 Å². The molecule has 8 heteroatoms. The zero-order chi connectivity index (χ0) is 15.6. The number of hydrogen-bond donors (Lipinski definition) is 0. The van der Waals surface area contributed by atoms with Crippen LogP contribution in [-0.2, 0) is 11.9 Å². The summed E-state index contributed by atoms with van der Waals surface area (Å²) in [6.07, 6.45) is 0.247. The van der Waals surface area contributed by atoms with Crippen molar-refractivity contribution in [2.24, 2.45) is 0 Å². The molecule has 0 aliphatic heterocycles. The molecule has 1 fully saturated rings. The summed E-state index contributed by atoms with van der Waals surface area (Å²) in [6.45, 7) is 0. The van der Waals surface area contributed by atoms with Gasteiger partial charge in [0.05, 0.1) is 11.6 Å². The predicted octanol–water partition coefficient (Wildman–Crippen LogP) is 4.10. The Morgan fingerprint density at radius 2 is 1.82 bits per heavy atom. The van der Waals surface area contributed by atoms with Crippen LogP contribution in [0.25, 0.3) is 0 Å². The van der Waals surface area contributed by atoms with Crippen molar-refractivity contribution < 1.29 is 13.2 Å². The normalized spacial score (nSPS) is 16.3. The van der Waals surface area contributed by atoms with E-state index in [4.69, 9.17) is 0 Å². The molecule has 118 valence electrons. The zero-order valence-electron chi connectivity index (χ0n) is 11.8. The minimum Gasteiger partial charge on any atom is -0.217 e. The van der Waals surface area contributed by atoms with Gasteiger partial charge in [0.15, 0.2) is 0 Å². The number of rotatable bonds is 4. The van der Waals surface area contributed by atoms with Crippen LogP contribution in [0.1, 0.15) is 42.9 Å². The minimum absolute atomic E-state index is 0.352. The first-order valence-corrected chi connectivity index (χ1v) is 8.09. The van der Waals surface area contributed by atoms with Crippen LogP contribution in [0.3, 0.4) is 0 Å². The van der Waals surface area contributed by atoms with Gasteiger partial charge in [-0.1, -0.05) is 36.7 Å². The minimum atomic E-state index is -4.29. The first kappa shape index (κ1) is 15.3. The van der Waals surface area contributed by atoms with Crippen LogP contribution in [0.4, 0.5) is 13.2 Å². The molecule has 0 N–H and O–H groups in total. The molecule has 4 nitrogen and oxygen atoms in total. The molecule has 2 aromatic rings. The van der Waals surface area contributed by atoms with Gasteiger partial charge in [-0.3, -0.25) is 0 Å². The molecule has 0 unspecified atom stereocenters. The van der Waals surface area contributed by atoms with E-state index in [1.54, 1.807) is 0 Å². The molecular weight excluding hydrogens is 313 g/mol. The van der Waals surface area contributed by atoms with Crippen molar-refractivity contribution >= 4 is 11.8 Å². The number of aromatic nitrogens is 4. The van der Waals surface area contributed by atoms with Gasteiger partial charge in [-0.2, -0.15) is 13.2 Å². The van der Waals surface area contributed by atoms with Gasteiger partial charge in [0.25, 0.3) is 0 Å². The van der Waals surface area contributed by atoms with Crippen molar-refractivity contribution in [1.29, 1.82) is 0 Å². The number of thioether (sulfide) groups is 1. The Hall–Kier alpha value is -1.57. The maximum atomic E-state index is 12.5. The molecule has 1 saturated carbocycles. The zero-order valence-corrected chi connectivity index (χ0v) is 12.6. The van der Waals surface area contributed by atoms with E-state index in [0.29, 0.717) is 11.8 Å². The third kappa shape index (κ3) is 3.43. The molecule has 0 bridgehead atoms. The summed E-state index contributed by atoms with van der Waals surface area (Å²) < 4.78 is 39.4. The second-order valence-electron chi connectivity index (χ2n) is 5.33. The SMILES string of the molecule is FC(F)(F)c1ccc(CSc2nnnn2C2CCCC2)cc1. The van der Waals surface area contributed by atoms with Gasteiger partial charge in [-0.05, 0) is 41.0 Å². The fourth-order valence-electron chi connectivity index (χ4n) is 2.60. The summed E-state index contributed by atoms with van der Waals surface area (Å²) in [5.41, 5.74) is 0.191. The second kappa shape index (κ2) is 6.28. The predicted molar refractivity (Wildman–Crippen MR) is 76.3 cm³/mol. The summed E-state index contributed by atoms with van der Waals surface area (Å²) >= 11 is 1.45. The van der Waals surface area contributed by atoms with Gasteiger partial charge >= 0.3 is 6.18 Å². The van der Waals surface area contributed by atoms with Crippen LogP contribution in [-0.4, -0.2) is 20.2 Å². The molecule has 1 heterocycles. The monoisotopic (exact) mass is 328 g/mol. The lowest BCUT2D eigenvalue weighted by Gasteiger charge is -2.11. The maximum absolute atomic E-state index is 12.5. The Kier molecular flexibility index (Phi) is 4.37. The molecule has 0 spiro atoms. The number of tetrazole rings is 1. The van der Waals surface area contributed by atoms with E-state index < -0.39 is 11.7 Å². The van der Waals surface area contributed by atoms with E-state index in [1.807, 2.05) is 4.68 Å². The van der Waals surface area contributed by atoms with E-state index in [-0.39, 0.29) is 0 Å². The smallest absolute Gasteiger partial charge is 0.217 e. The topological polar surface area (TPSA) is 43.6 Å². The lowest BCUT2D eigenvalue weighted by Crippen LogP contribution is -2.08. The van der Waals surface area contributed by atoms with Crippen molar-refractivity contribution in [3.05, 3.63) is 35.4 Å². The fourth-order valence-corrected chi connectivity index (χ4v) is 3.50. The van der Waals surface area contributed by atoms with Gasteiger partial charge in [-0.15, -0.1) is 5.10 Å². The molecular formula is C14H15F3N4S. The van der Waals surface area contributed by atoms with Crippen molar-refractivity contribution in [3.8, 4) is 0 Å². The van der Waals surface area contributed by atoms with Gasteiger partial charge < -0.3 is 0 Å².